The molecule has 1 aromatic rings. The summed E-state index contributed by atoms with van der Waals surface area (Å²) < 4.78 is 9.61. The van der Waals surface area contributed by atoms with Gasteiger partial charge >= 0.3 is 11.9 Å². The van der Waals surface area contributed by atoms with Gasteiger partial charge in [-0.1, -0.05) is 12.8 Å². The number of hydrogen-bond acceptors (Lipinski definition) is 7. The summed E-state index contributed by atoms with van der Waals surface area (Å²) in [6.07, 6.45) is 4.39. The van der Waals surface area contributed by atoms with Crippen LogP contribution in [0.25, 0.3) is 0 Å². The largest absolute Gasteiger partial charge is 0.459 e. The van der Waals surface area contributed by atoms with Crippen molar-refractivity contribution in [2.75, 3.05) is 13.2 Å². The Morgan fingerprint density at radius 3 is 2.37 bits per heavy atom. The van der Waals surface area contributed by atoms with Crippen LogP contribution in [0.15, 0.2) is 22.8 Å². The molecule has 0 unspecified atom stereocenters. The summed E-state index contributed by atoms with van der Waals surface area (Å²) in [5, 5.41) is 0. The number of imide groups is 1. The fourth-order valence-corrected chi connectivity index (χ4v) is 3.34. The van der Waals surface area contributed by atoms with E-state index < -0.39 is 30.9 Å². The van der Waals surface area contributed by atoms with Crippen molar-refractivity contribution >= 4 is 29.6 Å². The fourth-order valence-electron chi connectivity index (χ4n) is 3.34. The van der Waals surface area contributed by atoms with Gasteiger partial charge in [-0.05, 0) is 25.0 Å². The first-order valence-electron chi connectivity index (χ1n) is 8.61. The molecule has 10 heteroatoms. The van der Waals surface area contributed by atoms with E-state index in [9.17, 15) is 24.0 Å². The number of fused-ring (bicyclic) bond motifs is 1. The predicted molar refractivity (Wildman–Crippen MR) is 87.4 cm³/mol. The number of hydrogen-bond donors (Lipinski definition) is 2. The van der Waals surface area contributed by atoms with Gasteiger partial charge in [0.1, 0.15) is 6.54 Å². The third-order valence-electron chi connectivity index (χ3n) is 4.64. The normalized spacial score (nSPS) is 21.6. The summed E-state index contributed by atoms with van der Waals surface area (Å²) in [6, 6.07) is 2.92. The maximum absolute atomic E-state index is 12.3. The van der Waals surface area contributed by atoms with Gasteiger partial charge in [0, 0.05) is 0 Å². The molecule has 1 aromatic heterocycles. The van der Waals surface area contributed by atoms with Gasteiger partial charge in [0.2, 0.25) is 11.8 Å². The molecule has 2 aliphatic rings. The Labute approximate surface area is 154 Å². The van der Waals surface area contributed by atoms with Gasteiger partial charge in [-0.2, -0.15) is 0 Å². The van der Waals surface area contributed by atoms with Crippen molar-refractivity contribution in [3.05, 3.63) is 24.2 Å². The highest BCUT2D eigenvalue weighted by atomic mass is 16.5. The first-order valence-corrected chi connectivity index (χ1v) is 8.61. The number of rotatable bonds is 5. The van der Waals surface area contributed by atoms with Gasteiger partial charge in [0.15, 0.2) is 12.4 Å². The van der Waals surface area contributed by atoms with Crippen molar-refractivity contribution in [1.29, 1.82) is 0 Å². The molecule has 1 aliphatic carbocycles. The molecule has 27 heavy (non-hydrogen) atoms. The van der Waals surface area contributed by atoms with Gasteiger partial charge in [-0.15, -0.1) is 0 Å². The molecule has 0 spiro atoms. The monoisotopic (exact) mass is 377 g/mol. The molecule has 2 atom stereocenters. The summed E-state index contributed by atoms with van der Waals surface area (Å²) in [5.74, 6) is -3.72. The lowest BCUT2D eigenvalue weighted by molar-refractivity contribution is -0.155. The van der Waals surface area contributed by atoms with E-state index in [1.54, 1.807) is 0 Å². The molecule has 2 heterocycles. The Morgan fingerprint density at radius 1 is 1.11 bits per heavy atom. The number of nitrogens with zero attached hydrogens (tertiary/aromatic N) is 1. The van der Waals surface area contributed by atoms with Crippen LogP contribution in [0, 0.1) is 11.8 Å². The molecule has 1 saturated heterocycles. The molecule has 1 saturated carbocycles. The van der Waals surface area contributed by atoms with Crippen molar-refractivity contribution in [3.8, 4) is 0 Å². The maximum Gasteiger partial charge on any atom is 0.326 e. The van der Waals surface area contributed by atoms with Crippen molar-refractivity contribution < 1.29 is 33.1 Å². The summed E-state index contributed by atoms with van der Waals surface area (Å²) in [6.45, 7) is -1.18. The lowest BCUT2D eigenvalue weighted by Crippen LogP contribution is -2.44. The van der Waals surface area contributed by atoms with Crippen LogP contribution in [0.5, 0.6) is 0 Å². The van der Waals surface area contributed by atoms with Crippen LogP contribution in [0.1, 0.15) is 36.2 Å². The van der Waals surface area contributed by atoms with Crippen molar-refractivity contribution in [2.24, 2.45) is 11.8 Å². The quantitative estimate of drug-likeness (QED) is 0.411. The first-order chi connectivity index (χ1) is 13.0. The molecule has 0 bridgehead atoms. The minimum atomic E-state index is -0.872. The average molecular weight is 377 g/mol. The molecule has 1 aliphatic heterocycles. The number of furan rings is 1. The number of likely N-dealkylation sites (tertiary alicyclic amines) is 1. The van der Waals surface area contributed by atoms with Gasteiger partial charge in [0.25, 0.3) is 5.91 Å². The number of esters is 1. The topological polar surface area (TPSA) is 135 Å². The minimum absolute atomic E-state index is 0.000167. The number of carbonyl (C=O) groups excluding carboxylic acids is 5. The highest BCUT2D eigenvalue weighted by molar-refractivity contribution is 6.07. The first kappa shape index (κ1) is 18.6. The van der Waals surface area contributed by atoms with E-state index in [0.29, 0.717) is 12.8 Å². The van der Waals surface area contributed by atoms with Crippen molar-refractivity contribution in [3.63, 3.8) is 0 Å². The number of hydrazine groups is 1. The molecular weight excluding hydrogens is 358 g/mol. The third kappa shape index (κ3) is 4.15. The Balaban J connectivity index is 1.41. The summed E-state index contributed by atoms with van der Waals surface area (Å²) in [7, 11) is 0. The van der Waals surface area contributed by atoms with E-state index in [-0.39, 0.29) is 29.4 Å². The van der Waals surface area contributed by atoms with E-state index in [1.807, 2.05) is 0 Å². The highest BCUT2D eigenvalue weighted by Crippen LogP contribution is 2.37. The molecule has 2 fully saturated rings. The maximum atomic E-state index is 12.3. The SMILES string of the molecule is O=C(COC(=O)CN1C(=O)[C@H]2CCCC[C@H]2C1=O)NNC(=O)c1ccco1. The molecule has 2 N–H and O–H groups in total. The fraction of sp³-hybridized carbons (Fsp3) is 0.471. The molecule has 0 radical (unpaired) electrons. The van der Waals surface area contributed by atoms with Crippen molar-refractivity contribution in [1.82, 2.24) is 15.8 Å². The van der Waals surface area contributed by atoms with Crippen LogP contribution < -0.4 is 10.9 Å². The molecule has 10 nitrogen and oxygen atoms in total. The third-order valence-corrected chi connectivity index (χ3v) is 4.64. The smallest absolute Gasteiger partial charge is 0.326 e. The minimum Gasteiger partial charge on any atom is -0.459 e. The Bertz CT molecular complexity index is 735. The Morgan fingerprint density at radius 2 is 1.78 bits per heavy atom. The number of amides is 4. The van der Waals surface area contributed by atoms with Crippen molar-refractivity contribution in [2.45, 2.75) is 25.7 Å². The zero-order valence-electron chi connectivity index (χ0n) is 14.4. The molecule has 3 rings (SSSR count). The second-order valence-corrected chi connectivity index (χ2v) is 6.40. The van der Waals surface area contributed by atoms with E-state index in [0.717, 1.165) is 17.7 Å². The van der Waals surface area contributed by atoms with Gasteiger partial charge in [0.05, 0.1) is 18.1 Å². The van der Waals surface area contributed by atoms with Crippen LogP contribution in [-0.4, -0.2) is 47.6 Å². The van der Waals surface area contributed by atoms with Gasteiger partial charge in [-0.3, -0.25) is 39.7 Å². The lowest BCUT2D eigenvalue weighted by Gasteiger charge is -2.19. The number of ether oxygens (including phenoxy) is 1. The molecule has 144 valence electrons. The second-order valence-electron chi connectivity index (χ2n) is 6.40. The van der Waals surface area contributed by atoms with E-state index in [4.69, 9.17) is 9.15 Å². The van der Waals surface area contributed by atoms with Gasteiger partial charge < -0.3 is 9.15 Å². The highest BCUT2D eigenvalue weighted by Gasteiger charge is 2.48. The van der Waals surface area contributed by atoms with Gasteiger partial charge in [-0.25, -0.2) is 0 Å². The van der Waals surface area contributed by atoms with E-state index in [1.165, 1.54) is 18.4 Å². The standard InChI is InChI=1S/C17H19N3O7/c21-13(18-19-15(23)12-6-3-7-26-12)9-27-14(22)8-20-16(24)10-4-1-2-5-11(10)17(20)25/h3,6-7,10-11H,1-2,4-5,8-9H2,(H,18,21)(H,19,23)/t10-,11+. The van der Waals surface area contributed by atoms with Crippen LogP contribution in [0.3, 0.4) is 0 Å². The number of carbonyl (C=O) groups is 5. The van der Waals surface area contributed by atoms with Crippen LogP contribution in [0.2, 0.25) is 0 Å². The van der Waals surface area contributed by atoms with Crippen LogP contribution in [-0.2, 0) is 23.9 Å². The molecule has 0 aromatic carbocycles. The molecule has 4 amide bonds. The van der Waals surface area contributed by atoms with Crippen LogP contribution >= 0.6 is 0 Å². The summed E-state index contributed by atoms with van der Waals surface area (Å²) in [5.41, 5.74) is 4.14. The van der Waals surface area contributed by atoms with E-state index >= 15 is 0 Å². The Hall–Kier alpha value is -3.17. The number of nitrogens with one attached hydrogen (secondary N) is 2. The van der Waals surface area contributed by atoms with E-state index in [2.05, 4.69) is 10.9 Å². The zero-order chi connectivity index (χ0) is 19.4. The summed E-state index contributed by atoms with van der Waals surface area (Å²) >= 11 is 0. The average Bonchev–Trinajstić information content (AvgIpc) is 3.29. The zero-order valence-corrected chi connectivity index (χ0v) is 14.4. The Kier molecular flexibility index (Phi) is 5.53. The second kappa shape index (κ2) is 8.02. The molecular formula is C17H19N3O7. The lowest BCUT2D eigenvalue weighted by atomic mass is 9.81. The summed E-state index contributed by atoms with van der Waals surface area (Å²) in [4.78, 5) is 60.5. The van der Waals surface area contributed by atoms with Crippen LogP contribution in [0.4, 0.5) is 0 Å². The predicted octanol–water partition coefficient (Wildman–Crippen LogP) is -0.241.